The summed E-state index contributed by atoms with van der Waals surface area (Å²) >= 11 is 0. The van der Waals surface area contributed by atoms with Crippen LogP contribution in [-0.2, 0) is 11.3 Å². The van der Waals surface area contributed by atoms with Gasteiger partial charge in [0.05, 0.1) is 18.3 Å². The van der Waals surface area contributed by atoms with Crippen molar-refractivity contribution >= 4 is 5.91 Å². The predicted molar refractivity (Wildman–Crippen MR) is 175 cm³/mol. The number of hydrogen-bond acceptors (Lipinski definition) is 4. The van der Waals surface area contributed by atoms with E-state index in [2.05, 4.69) is 55.8 Å². The van der Waals surface area contributed by atoms with Crippen LogP contribution in [0.1, 0.15) is 66.8 Å². The lowest BCUT2D eigenvalue weighted by atomic mass is 9.84. The van der Waals surface area contributed by atoms with Crippen LogP contribution >= 0.6 is 0 Å². The minimum atomic E-state index is -1.02. The fourth-order valence-corrected chi connectivity index (χ4v) is 5.54. The highest BCUT2D eigenvalue weighted by molar-refractivity contribution is 5.94. The summed E-state index contributed by atoms with van der Waals surface area (Å²) < 4.78 is 7.99. The second kappa shape index (κ2) is 14.3. The van der Waals surface area contributed by atoms with Crippen LogP contribution in [0.2, 0.25) is 0 Å². The number of aliphatic hydroxyl groups excluding tert-OH is 1. The van der Waals surface area contributed by atoms with Crippen molar-refractivity contribution in [2.75, 3.05) is 13.2 Å². The lowest BCUT2D eigenvalue weighted by Gasteiger charge is -2.40. The normalized spacial score (nSPS) is 12.9. The summed E-state index contributed by atoms with van der Waals surface area (Å²) in [7, 11) is 0. The van der Waals surface area contributed by atoms with Gasteiger partial charge in [0, 0.05) is 36.0 Å². The topological polar surface area (TPSA) is 67.6 Å². The Kier molecular flexibility index (Phi) is 10.1. The van der Waals surface area contributed by atoms with Crippen molar-refractivity contribution < 1.29 is 14.6 Å². The molecule has 5 rings (SSSR count). The van der Waals surface area contributed by atoms with E-state index in [1.165, 1.54) is 0 Å². The summed E-state index contributed by atoms with van der Waals surface area (Å²) in [6.07, 6.45) is 1.62. The third-order valence-corrected chi connectivity index (χ3v) is 7.63. The number of aliphatic hydroxyl groups is 1. The van der Waals surface area contributed by atoms with Gasteiger partial charge in [-0.05, 0) is 29.5 Å². The number of aromatic nitrogens is 2. The molecule has 0 aliphatic carbocycles. The van der Waals surface area contributed by atoms with E-state index in [9.17, 15) is 9.90 Å². The highest BCUT2D eigenvalue weighted by Crippen LogP contribution is 2.40. The molecular formula is C38H41N3O3. The number of nitrogens with zero attached hydrogens (tertiary/aromatic N) is 3. The van der Waals surface area contributed by atoms with Crippen LogP contribution in [0.4, 0.5) is 0 Å². The van der Waals surface area contributed by atoms with Gasteiger partial charge in [-0.1, -0.05) is 130 Å². The molecule has 6 nitrogen and oxygen atoms in total. The number of imidazole rings is 1. The first-order valence-electron chi connectivity index (χ1n) is 15.2. The van der Waals surface area contributed by atoms with E-state index in [-0.39, 0.29) is 17.4 Å². The van der Waals surface area contributed by atoms with Crippen LogP contribution in [0.3, 0.4) is 0 Å². The van der Waals surface area contributed by atoms with Gasteiger partial charge in [0.1, 0.15) is 5.82 Å². The van der Waals surface area contributed by atoms with Crippen molar-refractivity contribution in [1.29, 1.82) is 0 Å². The van der Waals surface area contributed by atoms with Crippen molar-refractivity contribution in [1.82, 2.24) is 14.5 Å². The van der Waals surface area contributed by atoms with Gasteiger partial charge in [0.15, 0.2) is 6.29 Å². The molecule has 1 unspecified atom stereocenters. The molecule has 0 fully saturated rings. The largest absolute Gasteiger partial charge is 0.364 e. The van der Waals surface area contributed by atoms with Crippen LogP contribution in [0, 0.1) is 5.41 Å². The maximum atomic E-state index is 14.3. The monoisotopic (exact) mass is 587 g/mol. The Morgan fingerprint density at radius 2 is 1.41 bits per heavy atom. The average molecular weight is 588 g/mol. The third-order valence-electron chi connectivity index (χ3n) is 7.63. The first-order valence-corrected chi connectivity index (χ1v) is 15.2. The molecule has 0 radical (unpaired) electrons. The number of rotatable bonds is 12. The Hall–Kier alpha value is -4.52. The number of amides is 1. The Bertz CT molecular complexity index is 1600. The molecular weight excluding hydrogens is 546 g/mol. The molecule has 0 aliphatic heterocycles. The maximum absolute atomic E-state index is 14.3. The number of hydrogen-bond donors (Lipinski definition) is 1. The molecule has 5 aromatic rings. The second-order valence-electron chi connectivity index (χ2n) is 12.1. The second-order valence-corrected chi connectivity index (χ2v) is 12.1. The highest BCUT2D eigenvalue weighted by atomic mass is 16.6. The average Bonchev–Trinajstić information content (AvgIpc) is 3.45. The van der Waals surface area contributed by atoms with Crippen molar-refractivity contribution in [3.05, 3.63) is 150 Å². The number of benzene rings is 4. The fraction of sp³-hybridized carbons (Fsp3) is 0.263. The molecule has 6 heteroatoms. The summed E-state index contributed by atoms with van der Waals surface area (Å²) in [5.41, 5.74) is 4.01. The zero-order valence-electron chi connectivity index (χ0n) is 25.7. The zero-order valence-corrected chi connectivity index (χ0v) is 25.7. The Balaban J connectivity index is 1.51. The van der Waals surface area contributed by atoms with Crippen molar-refractivity contribution in [2.45, 2.75) is 46.1 Å². The standard InChI is InChI=1S/C38H41N3O3/c1-38(2,3)34(35-39-33(30-19-10-5-11-20-30)28-40(35)27-29-17-8-4-9-18-29)41(36(42)31-21-12-6-13-22-31)25-16-26-44-37(43)32-23-14-7-15-24-32/h4-15,17-24,28,34,37,43H,16,25-27H2,1-3H3/t34-,37?/m0/s1. The summed E-state index contributed by atoms with van der Waals surface area (Å²) in [6, 6.07) is 38.9. The maximum Gasteiger partial charge on any atom is 0.254 e. The smallest absolute Gasteiger partial charge is 0.254 e. The van der Waals surface area contributed by atoms with Crippen LogP contribution in [0.15, 0.2) is 128 Å². The first-order chi connectivity index (χ1) is 21.3. The molecule has 1 aromatic heterocycles. The van der Waals surface area contributed by atoms with Gasteiger partial charge in [-0.3, -0.25) is 4.79 Å². The van der Waals surface area contributed by atoms with Gasteiger partial charge < -0.3 is 19.3 Å². The summed E-state index contributed by atoms with van der Waals surface area (Å²) in [5.74, 6) is 0.763. The van der Waals surface area contributed by atoms with Gasteiger partial charge in [-0.15, -0.1) is 0 Å². The molecule has 0 bridgehead atoms. The van der Waals surface area contributed by atoms with E-state index in [0.717, 1.165) is 22.6 Å². The lowest BCUT2D eigenvalue weighted by molar-refractivity contribution is -0.104. The van der Waals surface area contributed by atoms with Crippen LogP contribution < -0.4 is 0 Å². The van der Waals surface area contributed by atoms with E-state index in [0.29, 0.717) is 37.2 Å². The fourth-order valence-electron chi connectivity index (χ4n) is 5.54. The Morgan fingerprint density at radius 1 is 0.841 bits per heavy atom. The van der Waals surface area contributed by atoms with Gasteiger partial charge >= 0.3 is 0 Å². The molecule has 226 valence electrons. The lowest BCUT2D eigenvalue weighted by Crippen LogP contribution is -2.43. The summed E-state index contributed by atoms with van der Waals surface area (Å²) in [6.45, 7) is 7.81. The Labute approximate surface area is 260 Å². The van der Waals surface area contributed by atoms with Gasteiger partial charge in [-0.2, -0.15) is 0 Å². The van der Waals surface area contributed by atoms with Crippen molar-refractivity contribution in [2.24, 2.45) is 5.41 Å². The van der Waals surface area contributed by atoms with Gasteiger partial charge in [0.25, 0.3) is 5.91 Å². The van der Waals surface area contributed by atoms with Gasteiger partial charge in [0.2, 0.25) is 0 Å². The molecule has 1 heterocycles. The summed E-state index contributed by atoms with van der Waals surface area (Å²) in [5, 5.41) is 10.6. The predicted octanol–water partition coefficient (Wildman–Crippen LogP) is 7.93. The SMILES string of the molecule is CC(C)(C)[C@H](c1nc(-c2ccccc2)cn1Cc1ccccc1)N(CCCOC(O)c1ccccc1)C(=O)c1ccccc1. The number of carbonyl (C=O) groups excluding carboxylic acids is 1. The molecule has 1 N–H and O–H groups in total. The first kappa shape index (κ1) is 30.9. The molecule has 1 amide bonds. The van der Waals surface area contributed by atoms with Crippen LogP contribution in [-0.4, -0.2) is 38.6 Å². The molecule has 0 saturated heterocycles. The van der Waals surface area contributed by atoms with E-state index in [1.807, 2.05) is 102 Å². The van der Waals surface area contributed by atoms with E-state index in [4.69, 9.17) is 9.72 Å². The van der Waals surface area contributed by atoms with Crippen molar-refractivity contribution in [3.8, 4) is 11.3 Å². The minimum absolute atomic E-state index is 0.0651. The molecule has 0 spiro atoms. The molecule has 0 aliphatic rings. The third kappa shape index (κ3) is 7.70. The van der Waals surface area contributed by atoms with Gasteiger partial charge in [-0.25, -0.2) is 4.98 Å². The van der Waals surface area contributed by atoms with E-state index >= 15 is 0 Å². The molecule has 4 aromatic carbocycles. The van der Waals surface area contributed by atoms with E-state index < -0.39 is 6.29 Å². The number of ether oxygens (including phenoxy) is 1. The molecule has 0 saturated carbocycles. The van der Waals surface area contributed by atoms with Crippen LogP contribution in [0.5, 0.6) is 0 Å². The molecule has 44 heavy (non-hydrogen) atoms. The number of carbonyl (C=O) groups is 1. The molecule has 2 atom stereocenters. The minimum Gasteiger partial charge on any atom is -0.364 e. The highest BCUT2D eigenvalue weighted by Gasteiger charge is 2.38. The summed E-state index contributed by atoms with van der Waals surface area (Å²) in [4.78, 5) is 21.5. The van der Waals surface area contributed by atoms with Crippen molar-refractivity contribution in [3.63, 3.8) is 0 Å². The zero-order chi connectivity index (χ0) is 30.9. The van der Waals surface area contributed by atoms with E-state index in [1.54, 1.807) is 0 Å². The van der Waals surface area contributed by atoms with Crippen LogP contribution in [0.25, 0.3) is 11.3 Å². The Morgan fingerprint density at radius 3 is 2.02 bits per heavy atom. The quantitative estimate of drug-likeness (QED) is 0.119.